The van der Waals surface area contributed by atoms with Crippen molar-refractivity contribution in [2.45, 2.75) is 0 Å². The molecular weight excluding hydrogens is 242 g/mol. The largest absolute Gasteiger partial charge is 0.289 e. The molecule has 1 rings (SSSR count). The molecule has 15 heavy (non-hydrogen) atoms. The summed E-state index contributed by atoms with van der Waals surface area (Å²) in [5.41, 5.74) is -0.523. The molecule has 0 radical (unpaired) electrons. The van der Waals surface area contributed by atoms with Crippen LogP contribution in [0.1, 0.15) is 10.4 Å². The Morgan fingerprint density at radius 1 is 1.73 bits per heavy atom. The van der Waals surface area contributed by atoms with E-state index in [1.807, 2.05) is 5.16 Å². The van der Waals surface area contributed by atoms with Gasteiger partial charge in [0.2, 0.25) is 0 Å². The second-order valence-electron chi connectivity index (χ2n) is 2.30. The summed E-state index contributed by atoms with van der Waals surface area (Å²) in [6, 6.07) is 0.980. The van der Waals surface area contributed by atoms with E-state index < -0.39 is 10.8 Å². The number of nitro groups is 1. The summed E-state index contributed by atoms with van der Waals surface area (Å²) in [5.74, 6) is -0.814. The quantitative estimate of drug-likeness (QED) is 0.260. The SMILES string of the molecule is O=C(N=C=S)c1cc([N+](=O)[O-])cnc1Cl. The number of aliphatic imine (C=N–C) groups is 1. The van der Waals surface area contributed by atoms with Crippen LogP contribution in [-0.4, -0.2) is 21.0 Å². The molecule has 1 aromatic rings. The lowest BCUT2D eigenvalue weighted by molar-refractivity contribution is -0.385. The molecule has 0 N–H and O–H groups in total. The second-order valence-corrected chi connectivity index (χ2v) is 2.84. The normalized spacial score (nSPS) is 9.13. The van der Waals surface area contributed by atoms with Gasteiger partial charge in [-0.1, -0.05) is 11.6 Å². The highest BCUT2D eigenvalue weighted by Crippen LogP contribution is 2.19. The van der Waals surface area contributed by atoms with Crippen LogP contribution in [0.4, 0.5) is 5.69 Å². The van der Waals surface area contributed by atoms with E-state index in [-0.39, 0.29) is 16.4 Å². The Morgan fingerprint density at radius 2 is 2.40 bits per heavy atom. The fraction of sp³-hybridized carbons (Fsp3) is 0. The van der Waals surface area contributed by atoms with Crippen molar-refractivity contribution in [3.63, 3.8) is 0 Å². The number of carbonyl (C=O) groups is 1. The molecule has 0 bridgehead atoms. The molecule has 1 amide bonds. The summed E-state index contributed by atoms with van der Waals surface area (Å²) < 4.78 is 0. The third-order valence-electron chi connectivity index (χ3n) is 1.41. The first-order chi connectivity index (χ1) is 7.06. The van der Waals surface area contributed by atoms with Crippen LogP contribution in [0.2, 0.25) is 5.15 Å². The van der Waals surface area contributed by atoms with Crippen LogP contribution < -0.4 is 0 Å². The third kappa shape index (κ3) is 2.63. The van der Waals surface area contributed by atoms with Crippen molar-refractivity contribution in [3.8, 4) is 0 Å². The second kappa shape index (κ2) is 4.70. The van der Waals surface area contributed by atoms with Crippen molar-refractivity contribution in [2.75, 3.05) is 0 Å². The lowest BCUT2D eigenvalue weighted by Gasteiger charge is -1.96. The summed E-state index contributed by atoms with van der Waals surface area (Å²) >= 11 is 9.78. The molecular formula is C7H2ClN3O3S. The molecule has 76 valence electrons. The number of carbonyl (C=O) groups excluding carboxylic acids is 1. The Morgan fingerprint density at radius 3 is 2.93 bits per heavy atom. The fourth-order valence-electron chi connectivity index (χ4n) is 0.789. The third-order valence-corrected chi connectivity index (χ3v) is 1.81. The summed E-state index contributed by atoms with van der Waals surface area (Å²) in [6.07, 6.45) is 0.945. The standard InChI is InChI=1S/C7H2ClN3O3S/c8-6-5(7(12)10-3-15)1-4(2-9-6)11(13)14/h1-2H. The van der Waals surface area contributed by atoms with Gasteiger partial charge in [0.1, 0.15) is 11.3 Å². The molecule has 0 spiro atoms. The topological polar surface area (TPSA) is 85.5 Å². The zero-order chi connectivity index (χ0) is 11.4. The number of amides is 1. The van der Waals surface area contributed by atoms with E-state index in [9.17, 15) is 14.9 Å². The minimum absolute atomic E-state index is 0.167. The minimum Gasteiger partial charge on any atom is -0.266 e. The Balaban J connectivity index is 3.27. The number of thiocarbonyl (C=S) groups is 1. The molecule has 1 aromatic heterocycles. The van der Waals surface area contributed by atoms with E-state index in [0.29, 0.717) is 0 Å². The predicted octanol–water partition coefficient (Wildman–Crippen LogP) is 1.89. The lowest BCUT2D eigenvalue weighted by Crippen LogP contribution is -1.99. The maximum Gasteiger partial charge on any atom is 0.289 e. The predicted molar refractivity (Wildman–Crippen MR) is 55.3 cm³/mol. The van der Waals surface area contributed by atoms with Crippen LogP contribution in [0.5, 0.6) is 0 Å². The van der Waals surface area contributed by atoms with Crippen LogP contribution in [0.25, 0.3) is 0 Å². The van der Waals surface area contributed by atoms with Gasteiger partial charge in [-0.15, -0.1) is 0 Å². The summed E-state index contributed by atoms with van der Waals surface area (Å²) in [5, 5.41) is 12.1. The number of hydrogen-bond acceptors (Lipinski definition) is 5. The first-order valence-electron chi connectivity index (χ1n) is 3.48. The van der Waals surface area contributed by atoms with Crippen molar-refractivity contribution < 1.29 is 9.72 Å². The molecule has 0 aliphatic carbocycles. The molecule has 0 saturated carbocycles. The van der Waals surface area contributed by atoms with Gasteiger partial charge in [-0.2, -0.15) is 4.99 Å². The number of hydrogen-bond donors (Lipinski definition) is 0. The van der Waals surface area contributed by atoms with Gasteiger partial charge in [-0.25, -0.2) is 4.98 Å². The molecule has 6 nitrogen and oxygen atoms in total. The van der Waals surface area contributed by atoms with Crippen molar-refractivity contribution >= 4 is 40.6 Å². The van der Waals surface area contributed by atoms with E-state index in [0.717, 1.165) is 12.3 Å². The van der Waals surface area contributed by atoms with Crippen LogP contribution in [0, 0.1) is 10.1 Å². The van der Waals surface area contributed by atoms with Gasteiger partial charge in [0.15, 0.2) is 0 Å². The fourth-order valence-corrected chi connectivity index (χ4v) is 1.06. The Kier molecular flexibility index (Phi) is 3.56. The summed E-state index contributed by atoms with van der Waals surface area (Å²) in [4.78, 5) is 27.5. The molecule has 0 aliphatic heterocycles. The minimum atomic E-state index is -0.814. The Labute approximate surface area is 93.8 Å². The molecule has 0 atom stereocenters. The van der Waals surface area contributed by atoms with Gasteiger partial charge < -0.3 is 0 Å². The number of halogens is 1. The van der Waals surface area contributed by atoms with Crippen LogP contribution >= 0.6 is 23.8 Å². The first kappa shape index (κ1) is 11.4. The highest BCUT2D eigenvalue weighted by atomic mass is 35.5. The summed E-state index contributed by atoms with van der Waals surface area (Å²) in [7, 11) is 0. The summed E-state index contributed by atoms with van der Waals surface area (Å²) in [6.45, 7) is 0. The van der Waals surface area contributed by atoms with E-state index in [1.165, 1.54) is 0 Å². The van der Waals surface area contributed by atoms with Gasteiger partial charge >= 0.3 is 0 Å². The number of pyridine rings is 1. The molecule has 1 heterocycles. The zero-order valence-electron chi connectivity index (χ0n) is 7.01. The highest BCUT2D eigenvalue weighted by Gasteiger charge is 2.16. The molecule has 0 aromatic carbocycles. The van der Waals surface area contributed by atoms with E-state index in [4.69, 9.17) is 11.6 Å². The molecule has 0 fully saturated rings. The van der Waals surface area contributed by atoms with Gasteiger partial charge in [-0.3, -0.25) is 14.9 Å². The van der Waals surface area contributed by atoms with Crippen LogP contribution in [-0.2, 0) is 0 Å². The van der Waals surface area contributed by atoms with E-state index in [1.54, 1.807) is 0 Å². The molecule has 0 aliphatic rings. The van der Waals surface area contributed by atoms with Crippen LogP contribution in [0.3, 0.4) is 0 Å². The van der Waals surface area contributed by atoms with Crippen LogP contribution in [0.15, 0.2) is 17.3 Å². The van der Waals surface area contributed by atoms with E-state index in [2.05, 4.69) is 22.2 Å². The smallest absolute Gasteiger partial charge is 0.266 e. The maximum atomic E-state index is 11.2. The number of aromatic nitrogens is 1. The van der Waals surface area contributed by atoms with Gasteiger partial charge in [0.05, 0.1) is 15.6 Å². The lowest BCUT2D eigenvalue weighted by atomic mass is 10.2. The average Bonchev–Trinajstić information content (AvgIpc) is 2.18. The number of rotatable bonds is 2. The van der Waals surface area contributed by atoms with E-state index >= 15 is 0 Å². The molecule has 0 saturated heterocycles. The van der Waals surface area contributed by atoms with Crippen molar-refractivity contribution in [3.05, 3.63) is 33.1 Å². The van der Waals surface area contributed by atoms with Gasteiger partial charge in [0.25, 0.3) is 11.6 Å². The molecule has 0 unspecified atom stereocenters. The first-order valence-corrected chi connectivity index (χ1v) is 4.27. The maximum absolute atomic E-state index is 11.2. The highest BCUT2D eigenvalue weighted by molar-refractivity contribution is 7.78. The Bertz CT molecular complexity index is 484. The monoisotopic (exact) mass is 243 g/mol. The van der Waals surface area contributed by atoms with Gasteiger partial charge in [0, 0.05) is 6.07 Å². The number of isothiocyanates is 1. The van der Waals surface area contributed by atoms with Crippen molar-refractivity contribution in [2.24, 2.45) is 4.99 Å². The zero-order valence-corrected chi connectivity index (χ0v) is 8.58. The average molecular weight is 244 g/mol. The van der Waals surface area contributed by atoms with Crippen molar-refractivity contribution in [1.82, 2.24) is 4.98 Å². The van der Waals surface area contributed by atoms with Gasteiger partial charge in [-0.05, 0) is 12.2 Å². The number of nitrogens with zero attached hydrogens (tertiary/aromatic N) is 3. The molecule has 8 heteroatoms. The van der Waals surface area contributed by atoms with Crippen molar-refractivity contribution in [1.29, 1.82) is 0 Å². The Hall–Kier alpha value is -1.69.